The number of nitrogens with two attached hydrogens (primary N) is 1. The number of amides is 1. The number of aryl methyl sites for hydroxylation is 2. The van der Waals surface area contributed by atoms with E-state index in [1.165, 1.54) is 22.7 Å². The molecule has 0 fully saturated rings. The third-order valence-electron chi connectivity index (χ3n) is 6.92. The first-order chi connectivity index (χ1) is 21.1. The highest BCUT2D eigenvalue weighted by atomic mass is 32.2. The van der Waals surface area contributed by atoms with Gasteiger partial charge >= 0.3 is 0 Å². The Bertz CT molecular complexity index is 2000. The van der Waals surface area contributed by atoms with Crippen molar-refractivity contribution in [3.63, 3.8) is 0 Å². The van der Waals surface area contributed by atoms with Gasteiger partial charge in [0.05, 0.1) is 34.1 Å². The molecule has 44 heavy (non-hydrogen) atoms. The second-order valence-corrected chi connectivity index (χ2v) is 11.8. The zero-order chi connectivity index (χ0) is 31.4. The molecule has 0 unspecified atom stereocenters. The van der Waals surface area contributed by atoms with Gasteiger partial charge in [-0.2, -0.15) is 0 Å². The number of aromatic amines is 1. The summed E-state index contributed by atoms with van der Waals surface area (Å²) < 4.78 is 36.6. The maximum atomic E-state index is 13.4. The molecule has 3 aromatic carbocycles. The molecule has 0 aliphatic carbocycles. The Labute approximate surface area is 254 Å². The van der Waals surface area contributed by atoms with Crippen molar-refractivity contribution in [1.82, 2.24) is 24.3 Å². The van der Waals surface area contributed by atoms with Crippen molar-refractivity contribution < 1.29 is 17.9 Å². The van der Waals surface area contributed by atoms with E-state index in [4.69, 9.17) is 10.5 Å². The summed E-state index contributed by atoms with van der Waals surface area (Å²) in [5, 5.41) is 7.38. The van der Waals surface area contributed by atoms with Crippen molar-refractivity contribution in [2.45, 2.75) is 45.1 Å². The standard InChI is InChI=1S/C31H33N7O5S/c1-4-8-27-34-19(3)28-31(40)36-29(37-38(27)28)23-17-22(15-16-26(23)43-5-2)44(41,42)33-18-20-11-13-21(14-12-20)30(39)35-25-10-7-6-9-24(25)32/h6-7,9-17,33H,4-5,8,18,32H2,1-3H3,(H,35,39)(H,36,37,40). The number of sulfonamides is 1. The summed E-state index contributed by atoms with van der Waals surface area (Å²) in [5.74, 6) is 0.829. The quantitative estimate of drug-likeness (QED) is 0.161. The minimum Gasteiger partial charge on any atom is -0.493 e. The number of nitrogens with one attached hydrogen (secondary N) is 3. The molecule has 0 aliphatic heterocycles. The number of carbonyl (C=O) groups excluding carboxylic acids is 1. The lowest BCUT2D eigenvalue weighted by molar-refractivity contribution is 0.102. The number of hydrogen-bond donors (Lipinski definition) is 4. The van der Waals surface area contributed by atoms with Gasteiger partial charge in [-0.15, -0.1) is 5.10 Å². The monoisotopic (exact) mass is 615 g/mol. The van der Waals surface area contributed by atoms with E-state index in [1.54, 1.807) is 62.4 Å². The van der Waals surface area contributed by atoms with Gasteiger partial charge in [0.2, 0.25) is 10.0 Å². The normalized spacial score (nSPS) is 11.5. The summed E-state index contributed by atoms with van der Waals surface area (Å²) in [6.45, 7) is 5.86. The fraction of sp³-hybridized carbons (Fsp3) is 0.226. The molecular weight excluding hydrogens is 582 g/mol. The topological polar surface area (TPSA) is 174 Å². The van der Waals surface area contributed by atoms with Crippen LogP contribution in [-0.2, 0) is 23.0 Å². The molecule has 12 nitrogen and oxygen atoms in total. The Kier molecular flexibility index (Phi) is 8.78. The molecule has 0 atom stereocenters. The van der Waals surface area contributed by atoms with E-state index < -0.39 is 10.0 Å². The molecule has 0 spiro atoms. The number of anilines is 2. The minimum atomic E-state index is -4.00. The van der Waals surface area contributed by atoms with E-state index in [0.717, 1.165) is 6.42 Å². The van der Waals surface area contributed by atoms with Crippen LogP contribution in [0.15, 0.2) is 76.4 Å². The van der Waals surface area contributed by atoms with Gasteiger partial charge in [-0.3, -0.25) is 9.59 Å². The zero-order valence-corrected chi connectivity index (χ0v) is 25.4. The predicted molar refractivity (Wildman–Crippen MR) is 168 cm³/mol. The second kappa shape index (κ2) is 12.7. The lowest BCUT2D eigenvalue weighted by Crippen LogP contribution is -2.23. The van der Waals surface area contributed by atoms with Gasteiger partial charge in [-0.1, -0.05) is 31.2 Å². The number of rotatable bonds is 11. The summed E-state index contributed by atoms with van der Waals surface area (Å²) in [6, 6.07) is 17.9. The number of para-hydroxylation sites is 2. The van der Waals surface area contributed by atoms with Gasteiger partial charge in [-0.05, 0) is 68.3 Å². The number of ether oxygens (including phenoxy) is 1. The van der Waals surface area contributed by atoms with E-state index in [2.05, 4.69) is 25.1 Å². The number of fused-ring (bicyclic) bond motifs is 1. The average molecular weight is 616 g/mol. The summed E-state index contributed by atoms with van der Waals surface area (Å²) in [5.41, 5.74) is 8.73. The molecule has 0 radical (unpaired) electrons. The molecule has 13 heteroatoms. The first-order valence-corrected chi connectivity index (χ1v) is 15.6. The van der Waals surface area contributed by atoms with Crippen molar-refractivity contribution in [3.05, 3.63) is 99.7 Å². The van der Waals surface area contributed by atoms with E-state index >= 15 is 0 Å². The molecule has 2 heterocycles. The highest BCUT2D eigenvalue weighted by Crippen LogP contribution is 2.30. The first-order valence-electron chi connectivity index (χ1n) is 14.1. The van der Waals surface area contributed by atoms with Gasteiger partial charge in [0.15, 0.2) is 11.3 Å². The zero-order valence-electron chi connectivity index (χ0n) is 24.5. The summed E-state index contributed by atoms with van der Waals surface area (Å²) >= 11 is 0. The van der Waals surface area contributed by atoms with Crippen molar-refractivity contribution in [1.29, 1.82) is 0 Å². The van der Waals surface area contributed by atoms with Crippen molar-refractivity contribution >= 4 is 32.8 Å². The van der Waals surface area contributed by atoms with Gasteiger partial charge in [0, 0.05) is 18.5 Å². The van der Waals surface area contributed by atoms with Crippen molar-refractivity contribution in [2.75, 3.05) is 17.7 Å². The average Bonchev–Trinajstić information content (AvgIpc) is 3.33. The van der Waals surface area contributed by atoms with Gasteiger partial charge < -0.3 is 20.8 Å². The lowest BCUT2D eigenvalue weighted by atomic mass is 10.1. The first kappa shape index (κ1) is 30.4. The van der Waals surface area contributed by atoms with Crippen LogP contribution in [0.2, 0.25) is 0 Å². The van der Waals surface area contributed by atoms with Crippen LogP contribution < -0.4 is 26.1 Å². The third-order valence-corrected chi connectivity index (χ3v) is 8.32. The number of aromatic nitrogens is 4. The number of nitrogens with zero attached hydrogens (tertiary/aromatic N) is 3. The lowest BCUT2D eigenvalue weighted by Gasteiger charge is -2.13. The van der Waals surface area contributed by atoms with Crippen LogP contribution in [0.3, 0.4) is 0 Å². The van der Waals surface area contributed by atoms with Crippen LogP contribution in [0.4, 0.5) is 11.4 Å². The van der Waals surface area contributed by atoms with E-state index in [1.807, 2.05) is 6.92 Å². The molecule has 5 rings (SSSR count). The smallest absolute Gasteiger partial charge is 0.277 e. The van der Waals surface area contributed by atoms with Crippen LogP contribution in [0.5, 0.6) is 5.75 Å². The van der Waals surface area contributed by atoms with E-state index in [0.29, 0.717) is 63.9 Å². The van der Waals surface area contributed by atoms with Gasteiger partial charge in [-0.25, -0.2) is 22.6 Å². The predicted octanol–water partition coefficient (Wildman–Crippen LogP) is 4.06. The Hall–Kier alpha value is -5.01. The molecular formula is C31H33N7O5S. The molecule has 0 aliphatic rings. The summed E-state index contributed by atoms with van der Waals surface area (Å²) in [4.78, 5) is 32.9. The number of hydrogen-bond acceptors (Lipinski definition) is 8. The van der Waals surface area contributed by atoms with E-state index in [9.17, 15) is 18.0 Å². The van der Waals surface area contributed by atoms with Crippen LogP contribution in [0.1, 0.15) is 47.7 Å². The SMILES string of the molecule is CCCc1nc(C)c2c(=O)[nH]c(-c3cc(S(=O)(=O)NCc4ccc(C(=O)Nc5ccccc5N)cc4)ccc3OCC)nn12. The second-order valence-electron chi connectivity index (χ2n) is 10.1. The van der Waals surface area contributed by atoms with Crippen LogP contribution in [-0.4, -0.2) is 40.5 Å². The van der Waals surface area contributed by atoms with Gasteiger partial charge in [0.1, 0.15) is 11.6 Å². The highest BCUT2D eigenvalue weighted by Gasteiger charge is 2.21. The maximum absolute atomic E-state index is 13.4. The molecule has 2 aromatic heterocycles. The van der Waals surface area contributed by atoms with Crippen molar-refractivity contribution in [3.8, 4) is 17.1 Å². The van der Waals surface area contributed by atoms with Crippen molar-refractivity contribution in [2.24, 2.45) is 0 Å². The Morgan fingerprint density at radius 1 is 1.07 bits per heavy atom. The fourth-order valence-corrected chi connectivity index (χ4v) is 5.77. The largest absolute Gasteiger partial charge is 0.493 e. The number of imidazole rings is 1. The fourth-order valence-electron chi connectivity index (χ4n) is 4.73. The summed E-state index contributed by atoms with van der Waals surface area (Å²) in [6.07, 6.45) is 1.43. The molecule has 0 bridgehead atoms. The molecule has 5 N–H and O–H groups in total. The third kappa shape index (κ3) is 6.33. The van der Waals surface area contributed by atoms with Crippen LogP contribution >= 0.6 is 0 Å². The molecule has 0 saturated carbocycles. The molecule has 5 aromatic rings. The number of nitrogen functional groups attached to an aromatic ring is 1. The maximum Gasteiger partial charge on any atom is 0.277 e. The highest BCUT2D eigenvalue weighted by molar-refractivity contribution is 7.89. The molecule has 1 amide bonds. The Balaban J connectivity index is 1.38. The number of H-pyrrole nitrogens is 1. The minimum absolute atomic E-state index is 0.0197. The van der Waals surface area contributed by atoms with Crippen LogP contribution in [0.25, 0.3) is 16.9 Å². The Morgan fingerprint density at radius 3 is 2.52 bits per heavy atom. The molecule has 0 saturated heterocycles. The Morgan fingerprint density at radius 2 is 1.82 bits per heavy atom. The van der Waals surface area contributed by atoms with E-state index in [-0.39, 0.29) is 28.7 Å². The number of carbonyl (C=O) groups is 1. The van der Waals surface area contributed by atoms with Crippen LogP contribution in [0, 0.1) is 6.92 Å². The van der Waals surface area contributed by atoms with Gasteiger partial charge in [0.25, 0.3) is 11.5 Å². The number of benzene rings is 3. The summed E-state index contributed by atoms with van der Waals surface area (Å²) in [7, 11) is -4.00. The molecule has 228 valence electrons.